The second kappa shape index (κ2) is 5.77. The van der Waals surface area contributed by atoms with E-state index in [1.54, 1.807) is 7.05 Å². The highest BCUT2D eigenvalue weighted by atomic mass is 19.1. The van der Waals surface area contributed by atoms with Crippen LogP contribution in [0.25, 0.3) is 0 Å². The number of nitro benzene ring substituents is 1. The van der Waals surface area contributed by atoms with Crippen LogP contribution in [-0.2, 0) is 0 Å². The molecule has 0 aliphatic heterocycles. The van der Waals surface area contributed by atoms with Crippen molar-refractivity contribution in [3.05, 3.63) is 33.6 Å². The molecule has 18 heavy (non-hydrogen) atoms. The van der Waals surface area contributed by atoms with Crippen molar-refractivity contribution >= 4 is 5.69 Å². The molecule has 0 bridgehead atoms. The summed E-state index contributed by atoms with van der Waals surface area (Å²) in [5.41, 5.74) is 0.239. The monoisotopic (exact) mass is 256 g/mol. The molecule has 0 aromatic heterocycles. The van der Waals surface area contributed by atoms with Crippen LogP contribution in [0.4, 0.5) is 10.1 Å². The van der Waals surface area contributed by atoms with E-state index in [9.17, 15) is 14.5 Å². The van der Waals surface area contributed by atoms with Crippen molar-refractivity contribution < 1.29 is 14.1 Å². The van der Waals surface area contributed by atoms with E-state index >= 15 is 0 Å². The Labute approximate surface area is 105 Å². The van der Waals surface area contributed by atoms with Gasteiger partial charge in [0.15, 0.2) is 11.6 Å². The number of methoxy groups -OCH3 is 1. The molecule has 0 saturated carbocycles. The zero-order chi connectivity index (χ0) is 13.9. The fourth-order valence-electron chi connectivity index (χ4n) is 1.76. The highest BCUT2D eigenvalue weighted by molar-refractivity contribution is 5.48. The van der Waals surface area contributed by atoms with Gasteiger partial charge in [-0.1, -0.05) is 6.92 Å². The molecule has 5 nitrogen and oxygen atoms in total. The predicted molar refractivity (Wildman–Crippen MR) is 66.5 cm³/mol. The number of nitrogens with zero attached hydrogens (tertiary/aromatic N) is 1. The van der Waals surface area contributed by atoms with Gasteiger partial charge in [0, 0.05) is 17.5 Å². The topological polar surface area (TPSA) is 64.4 Å². The van der Waals surface area contributed by atoms with E-state index in [2.05, 4.69) is 5.32 Å². The molecule has 100 valence electrons. The highest BCUT2D eigenvalue weighted by Gasteiger charge is 2.25. The van der Waals surface area contributed by atoms with E-state index in [1.807, 2.05) is 13.8 Å². The van der Waals surface area contributed by atoms with Gasteiger partial charge >= 0.3 is 0 Å². The van der Waals surface area contributed by atoms with Crippen LogP contribution in [0.2, 0.25) is 0 Å². The maximum atomic E-state index is 13.5. The fraction of sp³-hybridized carbons (Fsp3) is 0.500. The Morgan fingerprint density at radius 2 is 2.06 bits per heavy atom. The standard InChI is InChI=1S/C12H17FN2O3/c1-7(8(2)14-3)9-5-12(18-4)10(13)6-11(9)15(16)17/h5-8,14H,1-4H3. The van der Waals surface area contributed by atoms with E-state index in [0.717, 1.165) is 6.07 Å². The van der Waals surface area contributed by atoms with Crippen molar-refractivity contribution in [1.29, 1.82) is 0 Å². The van der Waals surface area contributed by atoms with E-state index in [4.69, 9.17) is 4.74 Å². The van der Waals surface area contributed by atoms with Crippen LogP contribution < -0.4 is 10.1 Å². The summed E-state index contributed by atoms with van der Waals surface area (Å²) in [6.07, 6.45) is 0. The van der Waals surface area contributed by atoms with Crippen molar-refractivity contribution in [2.75, 3.05) is 14.2 Å². The Morgan fingerprint density at radius 3 is 2.50 bits per heavy atom. The largest absolute Gasteiger partial charge is 0.494 e. The second-order valence-electron chi connectivity index (χ2n) is 4.17. The number of hydrogen-bond acceptors (Lipinski definition) is 4. The van der Waals surface area contributed by atoms with E-state index < -0.39 is 10.7 Å². The van der Waals surface area contributed by atoms with Gasteiger partial charge in [0.25, 0.3) is 5.69 Å². The van der Waals surface area contributed by atoms with Crippen molar-refractivity contribution in [3.8, 4) is 5.75 Å². The quantitative estimate of drug-likeness (QED) is 0.649. The summed E-state index contributed by atoms with van der Waals surface area (Å²) in [6.45, 7) is 3.76. The van der Waals surface area contributed by atoms with Crippen molar-refractivity contribution in [2.45, 2.75) is 25.8 Å². The molecule has 0 amide bonds. The summed E-state index contributed by atoms with van der Waals surface area (Å²) in [4.78, 5) is 10.4. The molecule has 6 heteroatoms. The molecule has 1 aromatic rings. The molecule has 2 atom stereocenters. The van der Waals surface area contributed by atoms with E-state index in [0.29, 0.717) is 5.56 Å². The molecule has 2 unspecified atom stereocenters. The SMILES string of the molecule is CNC(C)C(C)c1cc(OC)c(F)cc1[N+](=O)[O-]. The number of ether oxygens (including phenoxy) is 1. The minimum atomic E-state index is -0.725. The van der Waals surface area contributed by atoms with Crippen LogP contribution in [-0.4, -0.2) is 25.1 Å². The third-order valence-corrected chi connectivity index (χ3v) is 3.19. The van der Waals surface area contributed by atoms with Gasteiger partial charge in [0.05, 0.1) is 18.1 Å². The van der Waals surface area contributed by atoms with Gasteiger partial charge in [-0.3, -0.25) is 10.1 Å². The zero-order valence-corrected chi connectivity index (χ0v) is 10.9. The minimum Gasteiger partial charge on any atom is -0.494 e. The molecule has 1 rings (SSSR count). The molecule has 0 spiro atoms. The number of nitro groups is 1. The number of halogens is 1. The maximum absolute atomic E-state index is 13.5. The lowest BCUT2D eigenvalue weighted by Crippen LogP contribution is -2.27. The molecule has 0 aliphatic carbocycles. The number of hydrogen-bond donors (Lipinski definition) is 1. The maximum Gasteiger partial charge on any atom is 0.276 e. The lowest BCUT2D eigenvalue weighted by Gasteiger charge is -2.20. The van der Waals surface area contributed by atoms with E-state index in [-0.39, 0.29) is 23.4 Å². The average molecular weight is 256 g/mol. The molecular weight excluding hydrogens is 239 g/mol. The molecule has 0 heterocycles. The van der Waals surface area contributed by atoms with Crippen LogP contribution in [0.15, 0.2) is 12.1 Å². The summed E-state index contributed by atoms with van der Waals surface area (Å²) in [6, 6.07) is 2.33. The normalized spacial score (nSPS) is 14.1. The lowest BCUT2D eigenvalue weighted by atomic mass is 9.92. The number of nitrogens with one attached hydrogen (secondary N) is 1. The molecule has 0 saturated heterocycles. The Kier molecular flexibility index (Phi) is 4.61. The Bertz CT molecular complexity index is 451. The van der Waals surface area contributed by atoms with Crippen LogP contribution in [0.1, 0.15) is 25.3 Å². The Balaban J connectivity index is 3.34. The van der Waals surface area contributed by atoms with Crippen molar-refractivity contribution in [3.63, 3.8) is 0 Å². The van der Waals surface area contributed by atoms with Crippen LogP contribution in [0.3, 0.4) is 0 Å². The summed E-state index contributed by atoms with van der Waals surface area (Å²) >= 11 is 0. The van der Waals surface area contributed by atoms with Gasteiger partial charge in [-0.2, -0.15) is 0 Å². The van der Waals surface area contributed by atoms with Gasteiger partial charge in [-0.25, -0.2) is 4.39 Å². The summed E-state index contributed by atoms with van der Waals surface area (Å²) in [5, 5.41) is 14.0. The lowest BCUT2D eigenvalue weighted by molar-refractivity contribution is -0.385. The third-order valence-electron chi connectivity index (χ3n) is 3.19. The summed E-state index contributed by atoms with van der Waals surface area (Å²) < 4.78 is 18.4. The van der Waals surface area contributed by atoms with Crippen molar-refractivity contribution in [1.82, 2.24) is 5.32 Å². The first-order chi connectivity index (χ1) is 8.42. The van der Waals surface area contributed by atoms with Crippen LogP contribution in [0, 0.1) is 15.9 Å². The molecule has 0 aliphatic rings. The average Bonchev–Trinajstić information content (AvgIpc) is 2.36. The number of benzene rings is 1. The van der Waals surface area contributed by atoms with Crippen LogP contribution >= 0.6 is 0 Å². The fourth-order valence-corrected chi connectivity index (χ4v) is 1.76. The predicted octanol–water partition coefficient (Wildman–Crippen LogP) is 2.45. The number of rotatable bonds is 5. The van der Waals surface area contributed by atoms with Gasteiger partial charge in [-0.05, 0) is 20.0 Å². The molecule has 1 aromatic carbocycles. The molecule has 0 fully saturated rings. The zero-order valence-electron chi connectivity index (χ0n) is 10.9. The first-order valence-corrected chi connectivity index (χ1v) is 5.61. The van der Waals surface area contributed by atoms with Gasteiger partial charge in [-0.15, -0.1) is 0 Å². The Morgan fingerprint density at radius 1 is 1.44 bits per heavy atom. The third kappa shape index (κ3) is 2.76. The molecular formula is C12H17FN2O3. The summed E-state index contributed by atoms with van der Waals surface area (Å²) in [7, 11) is 3.11. The first-order valence-electron chi connectivity index (χ1n) is 5.61. The van der Waals surface area contributed by atoms with Gasteiger partial charge < -0.3 is 10.1 Å². The summed E-state index contributed by atoms with van der Waals surface area (Å²) in [5.74, 6) is -0.840. The second-order valence-corrected chi connectivity index (χ2v) is 4.17. The van der Waals surface area contributed by atoms with Crippen molar-refractivity contribution in [2.24, 2.45) is 0 Å². The molecule has 0 radical (unpaired) electrons. The van der Waals surface area contributed by atoms with E-state index in [1.165, 1.54) is 13.2 Å². The van der Waals surface area contributed by atoms with Gasteiger partial charge in [0.2, 0.25) is 0 Å². The van der Waals surface area contributed by atoms with Gasteiger partial charge in [0.1, 0.15) is 0 Å². The molecule has 1 N–H and O–H groups in total. The Hall–Kier alpha value is -1.69. The highest BCUT2D eigenvalue weighted by Crippen LogP contribution is 2.33. The minimum absolute atomic E-state index is 0.0192. The first kappa shape index (κ1) is 14.4. The van der Waals surface area contributed by atoms with Crippen LogP contribution in [0.5, 0.6) is 5.75 Å². The smallest absolute Gasteiger partial charge is 0.276 e. The number of likely N-dealkylation sites (N-methyl/N-ethyl adjacent to an activating group) is 1.